The molecular weight excluding hydrogens is 418 g/mol. The summed E-state index contributed by atoms with van der Waals surface area (Å²) in [4.78, 5) is 15.9. The van der Waals surface area contributed by atoms with Crippen LogP contribution in [0.15, 0.2) is 59.9 Å². The second kappa shape index (κ2) is 8.13. The number of rotatable bonds is 6. The largest absolute Gasteiger partial charge is 0.360 e. The zero-order valence-corrected chi connectivity index (χ0v) is 19.4. The van der Waals surface area contributed by atoms with Gasteiger partial charge in [0.05, 0.1) is 5.75 Å². The Morgan fingerprint density at radius 2 is 1.88 bits per heavy atom. The Hall–Kier alpha value is -3.06. The normalized spacial score (nSPS) is 14.1. The first kappa shape index (κ1) is 20.8. The van der Waals surface area contributed by atoms with E-state index in [2.05, 4.69) is 70.1 Å². The number of amides is 1. The zero-order valence-electron chi connectivity index (χ0n) is 18.6. The zero-order chi connectivity index (χ0) is 22.3. The number of hydrogen-bond donors (Lipinski definition) is 2. The average Bonchev–Trinajstić information content (AvgIpc) is 3.38. The lowest BCUT2D eigenvalue weighted by molar-refractivity contribution is -0.113. The first-order chi connectivity index (χ1) is 15.4. The van der Waals surface area contributed by atoms with Crippen molar-refractivity contribution >= 4 is 34.3 Å². The van der Waals surface area contributed by atoms with Crippen molar-refractivity contribution in [3.8, 4) is 11.4 Å². The molecule has 1 saturated carbocycles. The van der Waals surface area contributed by atoms with Gasteiger partial charge in [0.15, 0.2) is 11.0 Å². The lowest BCUT2D eigenvalue weighted by Crippen LogP contribution is -2.15. The highest BCUT2D eigenvalue weighted by Gasteiger charge is 2.31. The van der Waals surface area contributed by atoms with E-state index >= 15 is 0 Å². The van der Waals surface area contributed by atoms with Gasteiger partial charge in [-0.05, 0) is 42.0 Å². The smallest absolute Gasteiger partial charge is 0.234 e. The van der Waals surface area contributed by atoms with Crippen molar-refractivity contribution in [2.45, 2.75) is 50.2 Å². The van der Waals surface area contributed by atoms with E-state index < -0.39 is 0 Å². The molecule has 5 rings (SSSR count). The van der Waals surface area contributed by atoms with Gasteiger partial charge in [-0.15, -0.1) is 10.2 Å². The second-order valence-electron chi connectivity index (χ2n) is 9.32. The van der Waals surface area contributed by atoms with Crippen LogP contribution in [-0.4, -0.2) is 31.4 Å². The molecule has 1 fully saturated rings. The quantitative estimate of drug-likeness (QED) is 0.368. The van der Waals surface area contributed by atoms with Gasteiger partial charge in [0.25, 0.3) is 0 Å². The standard InChI is InChI=1S/C25H27N5OS/c1-25(2,3)16-8-10-17(11-9-16)27-22(31)15-32-24-29-28-23(30(24)18-12-13-18)20-14-26-21-7-5-4-6-19(20)21/h4-11,14,18,26H,12-13,15H2,1-3H3,(H,27,31). The van der Waals surface area contributed by atoms with Gasteiger partial charge in [0.2, 0.25) is 5.91 Å². The summed E-state index contributed by atoms with van der Waals surface area (Å²) in [6.07, 6.45) is 4.23. The highest BCUT2D eigenvalue weighted by molar-refractivity contribution is 7.99. The molecule has 6 nitrogen and oxygen atoms in total. The molecule has 0 unspecified atom stereocenters. The van der Waals surface area contributed by atoms with Crippen LogP contribution in [0.2, 0.25) is 0 Å². The van der Waals surface area contributed by atoms with E-state index in [1.807, 2.05) is 30.5 Å². The molecule has 0 atom stereocenters. The Labute approximate surface area is 191 Å². The van der Waals surface area contributed by atoms with Crippen LogP contribution in [0.4, 0.5) is 5.69 Å². The molecule has 1 aliphatic rings. The lowest BCUT2D eigenvalue weighted by atomic mass is 9.87. The second-order valence-corrected chi connectivity index (χ2v) is 10.3. The molecule has 7 heteroatoms. The third-order valence-corrected chi connectivity index (χ3v) is 6.72. The number of aromatic nitrogens is 4. The van der Waals surface area contributed by atoms with Gasteiger partial charge in [-0.2, -0.15) is 0 Å². The molecule has 0 radical (unpaired) electrons. The van der Waals surface area contributed by atoms with Crippen molar-refractivity contribution in [2.24, 2.45) is 0 Å². The number of hydrogen-bond acceptors (Lipinski definition) is 4. The van der Waals surface area contributed by atoms with Crippen molar-refractivity contribution in [2.75, 3.05) is 11.1 Å². The Bertz CT molecular complexity index is 1260. The molecule has 2 N–H and O–H groups in total. The van der Waals surface area contributed by atoms with Crippen molar-refractivity contribution in [3.05, 3.63) is 60.3 Å². The van der Waals surface area contributed by atoms with Crippen LogP contribution >= 0.6 is 11.8 Å². The number of nitrogens with one attached hydrogen (secondary N) is 2. The molecule has 0 spiro atoms. The Morgan fingerprint density at radius 3 is 2.59 bits per heavy atom. The average molecular weight is 446 g/mol. The monoisotopic (exact) mass is 445 g/mol. The number of fused-ring (bicyclic) bond motifs is 1. The van der Waals surface area contributed by atoms with Crippen LogP contribution in [0.1, 0.15) is 45.2 Å². The number of carbonyl (C=O) groups excluding carboxylic acids is 1. The molecule has 2 aromatic carbocycles. The molecule has 0 saturated heterocycles. The minimum Gasteiger partial charge on any atom is -0.360 e. The number of H-pyrrole nitrogens is 1. The predicted octanol–water partition coefficient (Wildman–Crippen LogP) is 5.79. The molecule has 4 aromatic rings. The van der Waals surface area contributed by atoms with Gasteiger partial charge >= 0.3 is 0 Å². The molecule has 0 aliphatic heterocycles. The molecule has 0 bridgehead atoms. The topological polar surface area (TPSA) is 75.6 Å². The third-order valence-electron chi connectivity index (χ3n) is 5.77. The number of nitrogens with zero attached hydrogens (tertiary/aromatic N) is 3. The van der Waals surface area contributed by atoms with Crippen LogP contribution in [0.25, 0.3) is 22.3 Å². The number of thioether (sulfide) groups is 1. The summed E-state index contributed by atoms with van der Waals surface area (Å²) >= 11 is 1.44. The van der Waals surface area contributed by atoms with Crippen molar-refractivity contribution in [1.29, 1.82) is 0 Å². The summed E-state index contributed by atoms with van der Waals surface area (Å²) in [7, 11) is 0. The van der Waals surface area contributed by atoms with Gasteiger partial charge < -0.3 is 10.3 Å². The summed E-state index contributed by atoms with van der Waals surface area (Å²) in [6.45, 7) is 6.54. The van der Waals surface area contributed by atoms with Crippen LogP contribution in [0.5, 0.6) is 0 Å². The summed E-state index contributed by atoms with van der Waals surface area (Å²) in [6, 6.07) is 16.7. The number of benzene rings is 2. The van der Waals surface area contributed by atoms with E-state index in [9.17, 15) is 4.79 Å². The maximum absolute atomic E-state index is 12.6. The van der Waals surface area contributed by atoms with Gasteiger partial charge in [0.1, 0.15) is 0 Å². The highest BCUT2D eigenvalue weighted by Crippen LogP contribution is 2.42. The molecular formula is C25H27N5OS. The Balaban J connectivity index is 1.30. The SMILES string of the molecule is CC(C)(C)c1ccc(NC(=O)CSc2nnc(-c3c[nH]c4ccccc34)n2C2CC2)cc1. The molecule has 164 valence electrons. The summed E-state index contributed by atoms with van der Waals surface area (Å²) in [5, 5.41) is 13.9. The first-order valence-electron chi connectivity index (χ1n) is 10.9. The van der Waals surface area contributed by atoms with E-state index in [1.165, 1.54) is 17.3 Å². The summed E-state index contributed by atoms with van der Waals surface area (Å²) in [5.74, 6) is 1.11. The molecule has 1 aliphatic carbocycles. The van der Waals surface area contributed by atoms with Crippen molar-refractivity contribution in [1.82, 2.24) is 19.7 Å². The van der Waals surface area contributed by atoms with E-state index in [0.29, 0.717) is 11.8 Å². The van der Waals surface area contributed by atoms with Crippen LogP contribution in [0, 0.1) is 0 Å². The summed E-state index contributed by atoms with van der Waals surface area (Å²) in [5.41, 5.74) is 4.28. The minimum atomic E-state index is -0.0440. The number of carbonyl (C=O) groups is 1. The van der Waals surface area contributed by atoms with E-state index in [-0.39, 0.29) is 11.3 Å². The predicted molar refractivity (Wildman–Crippen MR) is 130 cm³/mol. The Morgan fingerprint density at radius 1 is 1.12 bits per heavy atom. The fourth-order valence-electron chi connectivity index (χ4n) is 3.86. The van der Waals surface area contributed by atoms with E-state index in [4.69, 9.17) is 0 Å². The Kier molecular flexibility index (Phi) is 5.29. The van der Waals surface area contributed by atoms with Gasteiger partial charge in [0, 0.05) is 34.4 Å². The van der Waals surface area contributed by atoms with Crippen LogP contribution in [-0.2, 0) is 10.2 Å². The number of anilines is 1. The molecule has 2 aromatic heterocycles. The van der Waals surface area contributed by atoms with Crippen LogP contribution in [0.3, 0.4) is 0 Å². The van der Waals surface area contributed by atoms with E-state index in [0.717, 1.165) is 46.0 Å². The fourth-order valence-corrected chi connectivity index (χ4v) is 4.66. The van der Waals surface area contributed by atoms with Gasteiger partial charge in [-0.1, -0.05) is 62.9 Å². The number of aromatic amines is 1. The summed E-state index contributed by atoms with van der Waals surface area (Å²) < 4.78 is 2.20. The maximum atomic E-state index is 12.6. The van der Waals surface area contributed by atoms with Crippen molar-refractivity contribution in [3.63, 3.8) is 0 Å². The maximum Gasteiger partial charge on any atom is 0.234 e. The van der Waals surface area contributed by atoms with Gasteiger partial charge in [-0.25, -0.2) is 0 Å². The van der Waals surface area contributed by atoms with Crippen LogP contribution < -0.4 is 5.32 Å². The first-order valence-corrected chi connectivity index (χ1v) is 11.9. The molecule has 1 amide bonds. The molecule has 32 heavy (non-hydrogen) atoms. The minimum absolute atomic E-state index is 0.0440. The number of para-hydroxylation sites is 1. The third kappa shape index (κ3) is 4.17. The van der Waals surface area contributed by atoms with Gasteiger partial charge in [-0.3, -0.25) is 9.36 Å². The highest BCUT2D eigenvalue weighted by atomic mass is 32.2. The van der Waals surface area contributed by atoms with Crippen molar-refractivity contribution < 1.29 is 4.79 Å². The fraction of sp³-hybridized carbons (Fsp3) is 0.320. The molecule has 2 heterocycles. The van der Waals surface area contributed by atoms with E-state index in [1.54, 1.807) is 0 Å². The lowest BCUT2D eigenvalue weighted by Gasteiger charge is -2.19.